The fourth-order valence-electron chi connectivity index (χ4n) is 0.964. The average molecular weight is 229 g/mol. The van der Waals surface area contributed by atoms with Gasteiger partial charge in [-0.05, 0) is 30.7 Å². The summed E-state index contributed by atoms with van der Waals surface area (Å²) in [6.45, 7) is 1.66. The Morgan fingerprint density at radius 3 is 2.87 bits per heavy atom. The first kappa shape index (κ1) is 12.0. The third kappa shape index (κ3) is 3.53. The summed E-state index contributed by atoms with van der Waals surface area (Å²) in [6.07, 6.45) is 0. The van der Waals surface area contributed by atoms with Gasteiger partial charge in [-0.25, -0.2) is 4.39 Å². The van der Waals surface area contributed by atoms with Crippen LogP contribution in [-0.2, 0) is 4.79 Å². The highest BCUT2D eigenvalue weighted by Crippen LogP contribution is 2.21. The van der Waals surface area contributed by atoms with Crippen LogP contribution in [0.3, 0.4) is 0 Å². The van der Waals surface area contributed by atoms with E-state index < -0.39 is 12.0 Å². The molecule has 5 heteroatoms. The number of hydrogen-bond donors (Lipinski definition) is 2. The van der Waals surface area contributed by atoms with E-state index >= 15 is 0 Å². The molecule has 0 fully saturated rings. The van der Waals surface area contributed by atoms with Crippen molar-refractivity contribution in [3.63, 3.8) is 0 Å². The van der Waals surface area contributed by atoms with Gasteiger partial charge in [-0.3, -0.25) is 4.79 Å². The zero-order valence-electron chi connectivity index (χ0n) is 8.24. The van der Waals surface area contributed by atoms with Crippen LogP contribution < -0.4 is 5.73 Å². The first-order valence-electron chi connectivity index (χ1n) is 4.38. The smallest absolute Gasteiger partial charge is 0.321 e. The third-order valence-corrected chi connectivity index (χ3v) is 2.99. The Balaban J connectivity index is 2.58. The molecular weight excluding hydrogens is 217 g/mol. The maximum absolute atomic E-state index is 12.9. The lowest BCUT2D eigenvalue weighted by molar-refractivity contribution is -0.137. The molecule has 3 N–H and O–H groups in total. The van der Waals surface area contributed by atoms with Gasteiger partial charge in [-0.1, -0.05) is 0 Å². The Bertz CT molecular complexity index is 370. The van der Waals surface area contributed by atoms with Crippen molar-refractivity contribution in [3.05, 3.63) is 29.6 Å². The number of nitrogens with two attached hydrogens (primary N) is 1. The molecule has 0 radical (unpaired) electrons. The fraction of sp³-hybridized carbons (Fsp3) is 0.300. The van der Waals surface area contributed by atoms with Gasteiger partial charge in [-0.15, -0.1) is 11.8 Å². The molecule has 0 aliphatic rings. The fourth-order valence-corrected chi connectivity index (χ4v) is 1.90. The van der Waals surface area contributed by atoms with Crippen LogP contribution in [0.2, 0.25) is 0 Å². The van der Waals surface area contributed by atoms with Crippen LogP contribution in [-0.4, -0.2) is 22.9 Å². The Hall–Kier alpha value is -1.07. The van der Waals surface area contributed by atoms with Crippen LogP contribution in [0, 0.1) is 12.7 Å². The molecule has 0 saturated heterocycles. The van der Waals surface area contributed by atoms with Crippen LogP contribution in [0.25, 0.3) is 0 Å². The maximum atomic E-state index is 12.9. The van der Waals surface area contributed by atoms with E-state index in [4.69, 9.17) is 10.8 Å². The highest BCUT2D eigenvalue weighted by molar-refractivity contribution is 7.99. The summed E-state index contributed by atoms with van der Waals surface area (Å²) in [5, 5.41) is 8.56. The average Bonchev–Trinajstić information content (AvgIpc) is 2.19. The van der Waals surface area contributed by atoms with Crippen LogP contribution in [0.1, 0.15) is 5.56 Å². The molecule has 0 bridgehead atoms. The van der Waals surface area contributed by atoms with E-state index in [1.807, 2.05) is 0 Å². The zero-order valence-corrected chi connectivity index (χ0v) is 9.05. The van der Waals surface area contributed by atoms with E-state index in [9.17, 15) is 9.18 Å². The number of aryl methyl sites for hydroxylation is 1. The summed E-state index contributed by atoms with van der Waals surface area (Å²) in [7, 11) is 0. The normalized spacial score (nSPS) is 12.5. The molecule has 82 valence electrons. The second-order valence-corrected chi connectivity index (χ2v) is 4.26. The minimum absolute atomic E-state index is 0.262. The molecule has 0 spiro atoms. The van der Waals surface area contributed by atoms with E-state index in [0.29, 0.717) is 5.56 Å². The predicted octanol–water partition coefficient (Wildman–Crippen LogP) is 1.64. The van der Waals surface area contributed by atoms with Crippen LogP contribution in [0.5, 0.6) is 0 Å². The standard InChI is InChI=1S/C10H12FNO2S/c1-6-4-7(2-3-8(6)11)15-5-9(12)10(13)14/h2-4,9H,5,12H2,1H3,(H,13,14). The highest BCUT2D eigenvalue weighted by atomic mass is 32.2. The number of hydrogen-bond acceptors (Lipinski definition) is 3. The molecule has 0 aliphatic carbocycles. The molecular formula is C10H12FNO2S. The number of halogens is 1. The number of benzene rings is 1. The van der Waals surface area contributed by atoms with E-state index in [-0.39, 0.29) is 11.6 Å². The van der Waals surface area contributed by atoms with E-state index in [1.165, 1.54) is 17.8 Å². The highest BCUT2D eigenvalue weighted by Gasteiger charge is 2.11. The lowest BCUT2D eigenvalue weighted by Crippen LogP contribution is -2.32. The minimum Gasteiger partial charge on any atom is -0.480 e. The number of thioether (sulfide) groups is 1. The van der Waals surface area contributed by atoms with Crippen molar-refractivity contribution >= 4 is 17.7 Å². The van der Waals surface area contributed by atoms with Gasteiger partial charge in [0.1, 0.15) is 11.9 Å². The second kappa shape index (κ2) is 5.14. The van der Waals surface area contributed by atoms with Crippen molar-refractivity contribution in [3.8, 4) is 0 Å². The monoisotopic (exact) mass is 229 g/mol. The van der Waals surface area contributed by atoms with Crippen LogP contribution in [0.15, 0.2) is 23.1 Å². The summed E-state index contributed by atoms with van der Waals surface area (Å²) in [5.41, 5.74) is 5.88. The Morgan fingerprint density at radius 1 is 1.67 bits per heavy atom. The maximum Gasteiger partial charge on any atom is 0.321 e. The molecule has 0 saturated carbocycles. The zero-order chi connectivity index (χ0) is 11.4. The molecule has 0 aromatic heterocycles. The molecule has 1 aromatic carbocycles. The van der Waals surface area contributed by atoms with Gasteiger partial charge in [0.25, 0.3) is 0 Å². The molecule has 1 rings (SSSR count). The Labute approximate surface area is 91.5 Å². The first-order valence-corrected chi connectivity index (χ1v) is 5.36. The lowest BCUT2D eigenvalue weighted by Gasteiger charge is -2.06. The van der Waals surface area contributed by atoms with Crippen LogP contribution in [0.4, 0.5) is 4.39 Å². The summed E-state index contributed by atoms with van der Waals surface area (Å²) < 4.78 is 12.9. The largest absolute Gasteiger partial charge is 0.480 e. The third-order valence-electron chi connectivity index (χ3n) is 1.88. The number of carbonyl (C=O) groups is 1. The van der Waals surface area contributed by atoms with Crippen molar-refractivity contribution in [1.29, 1.82) is 0 Å². The summed E-state index contributed by atoms with van der Waals surface area (Å²) in [5.74, 6) is -1.01. The molecule has 0 aliphatic heterocycles. The van der Waals surface area contributed by atoms with Gasteiger partial charge in [0.2, 0.25) is 0 Å². The van der Waals surface area contributed by atoms with Crippen LogP contribution >= 0.6 is 11.8 Å². The molecule has 15 heavy (non-hydrogen) atoms. The molecule has 1 aromatic rings. The van der Waals surface area contributed by atoms with Gasteiger partial charge >= 0.3 is 5.97 Å². The van der Waals surface area contributed by atoms with E-state index in [2.05, 4.69) is 0 Å². The van der Waals surface area contributed by atoms with Crippen molar-refractivity contribution in [2.45, 2.75) is 17.9 Å². The van der Waals surface area contributed by atoms with Crippen molar-refractivity contribution < 1.29 is 14.3 Å². The first-order chi connectivity index (χ1) is 7.00. The van der Waals surface area contributed by atoms with Gasteiger partial charge in [0.15, 0.2) is 0 Å². The van der Waals surface area contributed by atoms with Gasteiger partial charge in [-0.2, -0.15) is 0 Å². The number of carboxylic acid groups (broad SMARTS) is 1. The van der Waals surface area contributed by atoms with Gasteiger partial charge in [0.05, 0.1) is 0 Å². The Kier molecular flexibility index (Phi) is 4.11. The summed E-state index contributed by atoms with van der Waals surface area (Å²) in [4.78, 5) is 11.3. The number of carboxylic acids is 1. The molecule has 0 amide bonds. The Morgan fingerprint density at radius 2 is 2.33 bits per heavy atom. The molecule has 3 nitrogen and oxygen atoms in total. The minimum atomic E-state index is -1.03. The topological polar surface area (TPSA) is 63.3 Å². The molecule has 0 heterocycles. The van der Waals surface area contributed by atoms with Crippen molar-refractivity contribution in [2.75, 3.05) is 5.75 Å². The van der Waals surface area contributed by atoms with E-state index in [0.717, 1.165) is 4.90 Å². The number of aliphatic carboxylic acids is 1. The number of rotatable bonds is 4. The SMILES string of the molecule is Cc1cc(SCC(N)C(=O)O)ccc1F. The second-order valence-electron chi connectivity index (χ2n) is 3.17. The summed E-state index contributed by atoms with van der Waals surface area (Å²) >= 11 is 1.31. The quantitative estimate of drug-likeness (QED) is 0.770. The van der Waals surface area contributed by atoms with Gasteiger partial charge < -0.3 is 10.8 Å². The predicted molar refractivity (Wildman–Crippen MR) is 57.5 cm³/mol. The molecule has 1 unspecified atom stereocenters. The van der Waals surface area contributed by atoms with Gasteiger partial charge in [0, 0.05) is 10.6 Å². The van der Waals surface area contributed by atoms with Crippen molar-refractivity contribution in [2.24, 2.45) is 5.73 Å². The van der Waals surface area contributed by atoms with E-state index in [1.54, 1.807) is 19.1 Å². The lowest BCUT2D eigenvalue weighted by atomic mass is 10.2. The summed E-state index contributed by atoms with van der Waals surface area (Å²) in [6, 6.07) is 3.76. The van der Waals surface area contributed by atoms with Crippen molar-refractivity contribution in [1.82, 2.24) is 0 Å². The molecule has 1 atom stereocenters.